The Kier molecular flexibility index (Phi) is 9.61. The summed E-state index contributed by atoms with van der Waals surface area (Å²) < 4.78 is 0. The number of H-pyrrole nitrogens is 1. The molecule has 0 unspecified atom stereocenters. The molecule has 2 aliphatic rings. The molecule has 204 valence electrons. The number of nitriles is 1. The van der Waals surface area contributed by atoms with Crippen LogP contribution in [0.15, 0.2) is 48.7 Å². The van der Waals surface area contributed by atoms with Gasteiger partial charge in [-0.1, -0.05) is 12.1 Å². The number of amides is 1. The third-order valence-corrected chi connectivity index (χ3v) is 8.29. The van der Waals surface area contributed by atoms with Gasteiger partial charge in [-0.05, 0) is 111 Å². The van der Waals surface area contributed by atoms with Crippen molar-refractivity contribution in [3.63, 3.8) is 0 Å². The maximum absolute atomic E-state index is 12.6. The van der Waals surface area contributed by atoms with Crippen LogP contribution in [-0.4, -0.2) is 47.3 Å². The van der Waals surface area contributed by atoms with Gasteiger partial charge in [0.25, 0.3) is 0 Å². The average molecular weight is 545 g/mol. The first-order valence-corrected chi connectivity index (χ1v) is 13.8. The molecule has 3 aromatic rings. The van der Waals surface area contributed by atoms with Crippen molar-refractivity contribution in [3.05, 3.63) is 76.5 Å². The molecule has 5 rings (SSSR count). The highest BCUT2D eigenvalue weighted by atomic mass is 35.5. The number of halogens is 1. The van der Waals surface area contributed by atoms with Crippen molar-refractivity contribution in [2.45, 2.75) is 57.9 Å². The van der Waals surface area contributed by atoms with Crippen molar-refractivity contribution in [3.8, 4) is 6.07 Å². The standard InChI is InChI=1S/C32H36N4O2.ClH/c1-22(37)30-21-34-31-10-5-24(19-29(30)31)6-11-32(38)35-28-8-3-23(4-9-28)12-15-36-16-13-26-7-2-25(20-33)18-27(26)14-17-36;/h2,5-7,10-11,18-19,21,23,28,34H,3-4,8-9,12-17H2,1H3,(H,35,38);1H/b11-6+;. The van der Waals surface area contributed by atoms with Crippen molar-refractivity contribution in [2.75, 3.05) is 19.6 Å². The molecule has 2 heterocycles. The first kappa shape index (κ1) is 28.6. The maximum Gasteiger partial charge on any atom is 0.244 e. The third-order valence-electron chi connectivity index (χ3n) is 8.29. The van der Waals surface area contributed by atoms with Crippen molar-refractivity contribution in [1.82, 2.24) is 15.2 Å². The van der Waals surface area contributed by atoms with Gasteiger partial charge in [-0.15, -0.1) is 12.4 Å². The van der Waals surface area contributed by atoms with Crippen LogP contribution in [-0.2, 0) is 17.6 Å². The Morgan fingerprint density at radius 2 is 1.85 bits per heavy atom. The van der Waals surface area contributed by atoms with Crippen LogP contribution in [0.5, 0.6) is 0 Å². The van der Waals surface area contributed by atoms with Crippen molar-refractivity contribution >= 4 is 41.1 Å². The lowest BCUT2D eigenvalue weighted by molar-refractivity contribution is -0.117. The highest BCUT2D eigenvalue weighted by Crippen LogP contribution is 2.28. The van der Waals surface area contributed by atoms with E-state index < -0.39 is 0 Å². The smallest absolute Gasteiger partial charge is 0.244 e. The molecular formula is C32H37ClN4O2. The number of ketones is 1. The van der Waals surface area contributed by atoms with E-state index in [0.717, 1.165) is 86.1 Å². The van der Waals surface area contributed by atoms with E-state index in [4.69, 9.17) is 0 Å². The highest BCUT2D eigenvalue weighted by Gasteiger charge is 2.23. The summed E-state index contributed by atoms with van der Waals surface area (Å²) in [6.07, 6.45) is 12.8. The number of nitrogens with one attached hydrogen (secondary N) is 2. The van der Waals surface area contributed by atoms with Crippen LogP contribution in [0.1, 0.15) is 71.6 Å². The number of carbonyl (C=O) groups excluding carboxylic acids is 2. The lowest BCUT2D eigenvalue weighted by Gasteiger charge is -2.30. The summed E-state index contributed by atoms with van der Waals surface area (Å²) in [5, 5.41) is 13.3. The van der Waals surface area contributed by atoms with E-state index in [1.165, 1.54) is 17.5 Å². The number of aromatic nitrogens is 1. The first-order valence-electron chi connectivity index (χ1n) is 13.8. The molecule has 39 heavy (non-hydrogen) atoms. The Morgan fingerprint density at radius 3 is 2.59 bits per heavy atom. The SMILES string of the molecule is CC(=O)c1c[nH]c2ccc(/C=C/C(=O)NC3CCC(CCN4CCc5ccc(C#N)cc5CC4)CC3)cc12.Cl. The van der Waals surface area contributed by atoms with E-state index in [-0.39, 0.29) is 30.1 Å². The highest BCUT2D eigenvalue weighted by molar-refractivity contribution is 6.07. The summed E-state index contributed by atoms with van der Waals surface area (Å²) in [4.78, 5) is 30.1. The summed E-state index contributed by atoms with van der Waals surface area (Å²) in [7, 11) is 0. The van der Waals surface area contributed by atoms with Gasteiger partial charge in [-0.2, -0.15) is 5.26 Å². The van der Waals surface area contributed by atoms with E-state index in [0.29, 0.717) is 5.56 Å². The van der Waals surface area contributed by atoms with Crippen LogP contribution in [0.3, 0.4) is 0 Å². The molecule has 1 aromatic heterocycles. The van der Waals surface area contributed by atoms with E-state index in [1.54, 1.807) is 19.2 Å². The molecule has 1 amide bonds. The molecule has 1 aliphatic heterocycles. The minimum atomic E-state index is -0.0573. The number of fused-ring (bicyclic) bond motifs is 2. The fourth-order valence-electron chi connectivity index (χ4n) is 5.98. The minimum absolute atomic E-state index is 0. The van der Waals surface area contributed by atoms with Gasteiger partial charge in [0, 0.05) is 47.9 Å². The molecule has 1 fully saturated rings. The largest absolute Gasteiger partial charge is 0.360 e. The van der Waals surface area contributed by atoms with Gasteiger partial charge >= 0.3 is 0 Å². The monoisotopic (exact) mass is 544 g/mol. The summed E-state index contributed by atoms with van der Waals surface area (Å²) in [5.41, 5.74) is 5.99. The maximum atomic E-state index is 12.6. The lowest BCUT2D eigenvalue weighted by atomic mass is 9.84. The Hall–Kier alpha value is -3.40. The number of nitrogens with zero attached hydrogens (tertiary/aromatic N) is 2. The topological polar surface area (TPSA) is 89.0 Å². The molecule has 0 bridgehead atoms. The van der Waals surface area contributed by atoms with Crippen molar-refractivity contribution in [2.24, 2.45) is 5.92 Å². The number of carbonyl (C=O) groups is 2. The summed E-state index contributed by atoms with van der Waals surface area (Å²) in [6.45, 7) is 4.84. The molecule has 6 nitrogen and oxygen atoms in total. The number of rotatable bonds is 7. The number of Topliss-reactive ketones (excluding diaryl/α,β-unsaturated/α-hetero) is 1. The van der Waals surface area contributed by atoms with E-state index in [9.17, 15) is 14.9 Å². The van der Waals surface area contributed by atoms with Gasteiger partial charge < -0.3 is 15.2 Å². The normalized spacial score (nSPS) is 19.6. The predicted molar refractivity (Wildman–Crippen MR) is 158 cm³/mol. The zero-order chi connectivity index (χ0) is 26.5. The van der Waals surface area contributed by atoms with Crippen molar-refractivity contribution < 1.29 is 9.59 Å². The van der Waals surface area contributed by atoms with Gasteiger partial charge in [0.2, 0.25) is 5.91 Å². The van der Waals surface area contributed by atoms with Gasteiger partial charge in [0.15, 0.2) is 5.78 Å². The Bertz CT molecular complexity index is 1390. The number of hydrogen-bond donors (Lipinski definition) is 2. The molecule has 1 aliphatic carbocycles. The zero-order valence-corrected chi connectivity index (χ0v) is 23.4. The van der Waals surface area contributed by atoms with Crippen LogP contribution in [0, 0.1) is 17.2 Å². The summed E-state index contributed by atoms with van der Waals surface area (Å²) in [6, 6.07) is 14.5. The van der Waals surface area contributed by atoms with Crippen LogP contribution in [0.25, 0.3) is 17.0 Å². The second-order valence-electron chi connectivity index (χ2n) is 10.8. The van der Waals surface area contributed by atoms with Crippen LogP contribution >= 0.6 is 12.4 Å². The summed E-state index contributed by atoms with van der Waals surface area (Å²) >= 11 is 0. The van der Waals surface area contributed by atoms with Crippen LogP contribution in [0.2, 0.25) is 0 Å². The van der Waals surface area contributed by atoms with Gasteiger partial charge in [-0.3, -0.25) is 9.59 Å². The summed E-state index contributed by atoms with van der Waals surface area (Å²) in [5.74, 6) is 0.689. The average Bonchev–Trinajstić information content (AvgIpc) is 3.25. The van der Waals surface area contributed by atoms with Gasteiger partial charge in [0.05, 0.1) is 11.6 Å². The van der Waals surface area contributed by atoms with Gasteiger partial charge in [0.1, 0.15) is 0 Å². The molecule has 1 saturated carbocycles. The number of benzene rings is 2. The second-order valence-corrected chi connectivity index (χ2v) is 10.8. The Labute approximate surface area is 236 Å². The van der Waals surface area contributed by atoms with Crippen LogP contribution < -0.4 is 5.32 Å². The predicted octanol–water partition coefficient (Wildman–Crippen LogP) is 5.84. The quantitative estimate of drug-likeness (QED) is 0.289. The Morgan fingerprint density at radius 1 is 1.08 bits per heavy atom. The molecule has 2 N–H and O–H groups in total. The van der Waals surface area contributed by atoms with E-state index in [2.05, 4.69) is 33.4 Å². The lowest BCUT2D eigenvalue weighted by Crippen LogP contribution is -2.37. The van der Waals surface area contributed by atoms with Crippen molar-refractivity contribution in [1.29, 1.82) is 5.26 Å². The molecule has 0 saturated heterocycles. The number of hydrogen-bond acceptors (Lipinski definition) is 4. The molecule has 2 aromatic carbocycles. The van der Waals surface area contributed by atoms with E-state index >= 15 is 0 Å². The first-order chi connectivity index (χ1) is 18.5. The molecule has 0 atom stereocenters. The van der Waals surface area contributed by atoms with Crippen LogP contribution in [0.4, 0.5) is 0 Å². The molecule has 0 radical (unpaired) electrons. The number of aromatic amines is 1. The molecule has 0 spiro atoms. The molecular weight excluding hydrogens is 508 g/mol. The minimum Gasteiger partial charge on any atom is -0.360 e. The zero-order valence-electron chi connectivity index (χ0n) is 22.5. The fraction of sp³-hybridized carbons (Fsp3) is 0.406. The van der Waals surface area contributed by atoms with Gasteiger partial charge in [-0.25, -0.2) is 0 Å². The Balaban J connectivity index is 0.00000353. The second kappa shape index (κ2) is 13.1. The molecule has 7 heteroatoms. The van der Waals surface area contributed by atoms with E-state index in [1.807, 2.05) is 30.3 Å². The third kappa shape index (κ3) is 7.17. The fourth-order valence-corrected chi connectivity index (χ4v) is 5.98.